The summed E-state index contributed by atoms with van der Waals surface area (Å²) < 4.78 is 0. The van der Waals surface area contributed by atoms with Crippen molar-refractivity contribution in [3.63, 3.8) is 0 Å². The van der Waals surface area contributed by atoms with Crippen molar-refractivity contribution in [3.8, 4) is 0 Å². The monoisotopic (exact) mass is 402 g/mol. The Hall–Kier alpha value is -3.78. The molecule has 4 aromatic rings. The Morgan fingerprint density at radius 2 is 1.62 bits per heavy atom. The first-order valence-electron chi connectivity index (χ1n) is 8.91. The van der Waals surface area contributed by atoms with Crippen molar-refractivity contribution < 1.29 is 4.79 Å². The minimum atomic E-state index is -0.114. The lowest BCUT2D eigenvalue weighted by Gasteiger charge is -2.10. The van der Waals surface area contributed by atoms with Crippen LogP contribution in [0.5, 0.6) is 0 Å². The number of nitrogens with one attached hydrogen (secondary N) is 3. The molecule has 1 aromatic carbocycles. The zero-order valence-electron chi connectivity index (χ0n) is 15.6. The molecule has 0 saturated heterocycles. The van der Waals surface area contributed by atoms with Crippen LogP contribution in [-0.2, 0) is 0 Å². The number of nitrogens with zero attached hydrogens (tertiary/aromatic N) is 3. The molecular formula is C21H18N6OS. The van der Waals surface area contributed by atoms with Gasteiger partial charge in [0.15, 0.2) is 0 Å². The molecule has 0 unspecified atom stereocenters. The number of benzene rings is 1. The number of hydrogen-bond acceptors (Lipinski definition) is 7. The third-order valence-electron chi connectivity index (χ3n) is 3.92. The van der Waals surface area contributed by atoms with E-state index in [-0.39, 0.29) is 5.91 Å². The van der Waals surface area contributed by atoms with Crippen molar-refractivity contribution in [2.24, 2.45) is 0 Å². The number of amides is 1. The maximum Gasteiger partial charge on any atom is 0.265 e. The maximum atomic E-state index is 12.1. The summed E-state index contributed by atoms with van der Waals surface area (Å²) in [5.74, 6) is 2.54. The molecule has 3 heterocycles. The van der Waals surface area contributed by atoms with Crippen LogP contribution >= 0.6 is 11.3 Å². The first-order valence-corrected chi connectivity index (χ1v) is 9.79. The number of hydrogen-bond donors (Lipinski definition) is 3. The van der Waals surface area contributed by atoms with Gasteiger partial charge in [-0.3, -0.25) is 4.79 Å². The van der Waals surface area contributed by atoms with Gasteiger partial charge >= 0.3 is 0 Å². The lowest BCUT2D eigenvalue weighted by Crippen LogP contribution is -2.09. The average Bonchev–Trinajstić information content (AvgIpc) is 3.25. The number of thiophene rings is 1. The molecule has 0 aliphatic rings. The van der Waals surface area contributed by atoms with E-state index in [4.69, 9.17) is 0 Å². The normalized spacial score (nSPS) is 10.4. The Balaban J connectivity index is 1.44. The van der Waals surface area contributed by atoms with E-state index < -0.39 is 0 Å². The standard InChI is InChI=1S/C21H18N6OS/c1-14-23-19(13-20(24-14)27-18-6-2-3-11-22-18)25-15-7-9-16(10-8-15)26-21(28)17-5-4-12-29-17/h2-13H,1H3,(H,26,28)(H2,22,23,24,25,27). The van der Waals surface area contributed by atoms with E-state index in [1.165, 1.54) is 11.3 Å². The lowest BCUT2D eigenvalue weighted by molar-refractivity contribution is 0.103. The second-order valence-electron chi connectivity index (χ2n) is 6.16. The van der Waals surface area contributed by atoms with Crippen LogP contribution in [0.3, 0.4) is 0 Å². The number of rotatable bonds is 6. The molecule has 0 fully saturated rings. The molecule has 4 rings (SSSR count). The summed E-state index contributed by atoms with van der Waals surface area (Å²) >= 11 is 1.41. The van der Waals surface area contributed by atoms with Crippen molar-refractivity contribution in [1.29, 1.82) is 0 Å². The maximum absolute atomic E-state index is 12.1. The van der Waals surface area contributed by atoms with Crippen LogP contribution in [0.1, 0.15) is 15.5 Å². The molecule has 0 saturated carbocycles. The highest BCUT2D eigenvalue weighted by Gasteiger charge is 2.07. The summed E-state index contributed by atoms with van der Waals surface area (Å²) in [5.41, 5.74) is 1.58. The summed E-state index contributed by atoms with van der Waals surface area (Å²) in [6.45, 7) is 1.83. The molecule has 3 N–H and O–H groups in total. The Bertz CT molecular complexity index is 1100. The smallest absolute Gasteiger partial charge is 0.265 e. The molecule has 8 heteroatoms. The van der Waals surface area contributed by atoms with Crippen LogP contribution in [0.25, 0.3) is 0 Å². The largest absolute Gasteiger partial charge is 0.340 e. The number of aromatic nitrogens is 3. The number of pyridine rings is 1. The minimum absolute atomic E-state index is 0.114. The predicted octanol–water partition coefficient (Wildman–Crippen LogP) is 4.98. The summed E-state index contributed by atoms with van der Waals surface area (Å²) in [6.07, 6.45) is 1.72. The van der Waals surface area contributed by atoms with Gasteiger partial charge in [0, 0.05) is 23.6 Å². The third kappa shape index (κ3) is 4.94. The molecule has 7 nitrogen and oxygen atoms in total. The van der Waals surface area contributed by atoms with Crippen molar-refractivity contribution in [2.75, 3.05) is 16.0 Å². The van der Waals surface area contributed by atoms with Crippen LogP contribution in [-0.4, -0.2) is 20.9 Å². The quantitative estimate of drug-likeness (QED) is 0.421. The Morgan fingerprint density at radius 1 is 0.862 bits per heavy atom. The van der Waals surface area contributed by atoms with E-state index in [1.807, 2.05) is 66.9 Å². The molecule has 3 aromatic heterocycles. The summed E-state index contributed by atoms with van der Waals surface area (Å²) in [4.78, 5) is 25.9. The minimum Gasteiger partial charge on any atom is -0.340 e. The highest BCUT2D eigenvalue weighted by atomic mass is 32.1. The zero-order valence-corrected chi connectivity index (χ0v) is 16.4. The highest BCUT2D eigenvalue weighted by molar-refractivity contribution is 7.12. The Kier molecular flexibility index (Phi) is 5.44. The molecule has 0 aliphatic heterocycles. The first-order chi connectivity index (χ1) is 14.2. The van der Waals surface area contributed by atoms with Gasteiger partial charge in [0.25, 0.3) is 5.91 Å². The topological polar surface area (TPSA) is 91.8 Å². The molecule has 29 heavy (non-hydrogen) atoms. The lowest BCUT2D eigenvalue weighted by atomic mass is 10.2. The van der Waals surface area contributed by atoms with E-state index in [0.29, 0.717) is 28.2 Å². The number of carbonyl (C=O) groups is 1. The van der Waals surface area contributed by atoms with Crippen molar-refractivity contribution in [3.05, 3.63) is 82.9 Å². The third-order valence-corrected chi connectivity index (χ3v) is 4.79. The van der Waals surface area contributed by atoms with E-state index in [2.05, 4.69) is 30.9 Å². The van der Waals surface area contributed by atoms with Crippen LogP contribution in [0.4, 0.5) is 28.8 Å². The van der Waals surface area contributed by atoms with E-state index in [1.54, 1.807) is 12.3 Å². The Morgan fingerprint density at radius 3 is 2.31 bits per heavy atom. The fraction of sp³-hybridized carbons (Fsp3) is 0.0476. The molecule has 0 spiro atoms. The van der Waals surface area contributed by atoms with E-state index >= 15 is 0 Å². The van der Waals surface area contributed by atoms with E-state index in [9.17, 15) is 4.79 Å². The van der Waals surface area contributed by atoms with Gasteiger partial charge in [-0.25, -0.2) is 15.0 Å². The molecule has 1 amide bonds. The van der Waals surface area contributed by atoms with Crippen molar-refractivity contribution in [1.82, 2.24) is 15.0 Å². The number of anilines is 5. The molecule has 0 atom stereocenters. The summed E-state index contributed by atoms with van der Waals surface area (Å²) in [7, 11) is 0. The number of carbonyl (C=O) groups excluding carboxylic acids is 1. The fourth-order valence-electron chi connectivity index (χ4n) is 2.65. The van der Waals surface area contributed by atoms with Crippen LogP contribution in [0.2, 0.25) is 0 Å². The molecule has 0 aliphatic carbocycles. The van der Waals surface area contributed by atoms with Crippen molar-refractivity contribution >= 4 is 46.1 Å². The summed E-state index contributed by atoms with van der Waals surface area (Å²) in [5, 5.41) is 11.2. The zero-order chi connectivity index (χ0) is 20.1. The highest BCUT2D eigenvalue weighted by Crippen LogP contribution is 2.21. The predicted molar refractivity (Wildman–Crippen MR) is 116 cm³/mol. The SMILES string of the molecule is Cc1nc(Nc2ccc(NC(=O)c3cccs3)cc2)cc(Nc2ccccn2)n1. The fourth-order valence-corrected chi connectivity index (χ4v) is 3.27. The van der Waals surface area contributed by atoms with Crippen LogP contribution < -0.4 is 16.0 Å². The first kappa shape index (κ1) is 18.6. The van der Waals surface area contributed by atoms with Gasteiger partial charge in [0.05, 0.1) is 4.88 Å². The second kappa shape index (κ2) is 8.49. The van der Waals surface area contributed by atoms with Gasteiger partial charge in [-0.15, -0.1) is 11.3 Å². The van der Waals surface area contributed by atoms with Crippen LogP contribution in [0, 0.1) is 6.92 Å². The molecule has 0 bridgehead atoms. The van der Waals surface area contributed by atoms with Crippen LogP contribution in [0.15, 0.2) is 72.2 Å². The van der Waals surface area contributed by atoms with Gasteiger partial charge in [-0.05, 0) is 54.8 Å². The van der Waals surface area contributed by atoms with Gasteiger partial charge in [-0.2, -0.15) is 0 Å². The number of aryl methyl sites for hydroxylation is 1. The van der Waals surface area contributed by atoms with Crippen molar-refractivity contribution in [2.45, 2.75) is 6.92 Å². The average molecular weight is 402 g/mol. The molecular weight excluding hydrogens is 384 g/mol. The van der Waals surface area contributed by atoms with Gasteiger partial charge in [-0.1, -0.05) is 12.1 Å². The van der Waals surface area contributed by atoms with Gasteiger partial charge < -0.3 is 16.0 Å². The Labute approximate surface area is 171 Å². The molecule has 0 radical (unpaired) electrons. The van der Waals surface area contributed by atoms with Gasteiger partial charge in [0.2, 0.25) is 0 Å². The van der Waals surface area contributed by atoms with E-state index in [0.717, 1.165) is 11.4 Å². The summed E-state index contributed by atoms with van der Waals surface area (Å²) in [6, 6.07) is 18.5. The molecule has 144 valence electrons. The second-order valence-corrected chi connectivity index (χ2v) is 7.11. The van der Waals surface area contributed by atoms with Gasteiger partial charge in [0.1, 0.15) is 23.3 Å².